The molecule has 1 aromatic heterocycles. The molecule has 0 fully saturated rings. The van der Waals surface area contributed by atoms with E-state index in [0.29, 0.717) is 5.69 Å². The number of nitrogens with zero attached hydrogens (tertiary/aromatic N) is 1. The minimum absolute atomic E-state index is 0.690. The Labute approximate surface area is 75.2 Å². The first-order chi connectivity index (χ1) is 5.81. The van der Waals surface area contributed by atoms with Gasteiger partial charge in [0, 0.05) is 11.9 Å². The average Bonchev–Trinajstić information content (AvgIpc) is 2.15. The summed E-state index contributed by atoms with van der Waals surface area (Å²) in [5.74, 6) is 0. The van der Waals surface area contributed by atoms with Crippen LogP contribution in [0, 0.1) is 20.8 Å². The smallest absolute Gasteiger partial charge is 0.342 e. The molecule has 13 heavy (non-hydrogen) atoms. The molecule has 1 rings (SSSR count). The number of aryl methyl sites for hydroxylation is 1. The summed E-state index contributed by atoms with van der Waals surface area (Å²) in [5, 5.41) is 0. The summed E-state index contributed by atoms with van der Waals surface area (Å²) in [6, 6.07) is 0. The maximum absolute atomic E-state index is 12.0. The summed E-state index contributed by atoms with van der Waals surface area (Å²) in [6.07, 6.45) is -2.60. The Morgan fingerprint density at radius 2 is 1.77 bits per heavy atom. The lowest BCUT2D eigenvalue weighted by Crippen LogP contribution is -2.17. The van der Waals surface area contributed by atoms with Crippen molar-refractivity contribution in [2.75, 3.05) is 0 Å². The average molecular weight is 191 g/mol. The van der Waals surface area contributed by atoms with Crippen LogP contribution in [0.5, 0.6) is 0 Å². The number of hydrogen-bond donors (Lipinski definition) is 0. The quantitative estimate of drug-likeness (QED) is 0.643. The molecule has 0 saturated heterocycles. The molecular formula is C9H12F3N. The Hall–Kier alpha value is -0.930. The third kappa shape index (κ3) is 2.26. The Kier molecular flexibility index (Phi) is 2.41. The molecule has 0 aromatic carbocycles. The van der Waals surface area contributed by atoms with Crippen molar-refractivity contribution in [2.45, 2.75) is 33.5 Å². The lowest BCUT2D eigenvalue weighted by molar-refractivity contribution is -0.140. The largest absolute Gasteiger partial charge is 0.406 e. The molecule has 4 heteroatoms. The van der Waals surface area contributed by atoms with Crippen molar-refractivity contribution in [3.63, 3.8) is 0 Å². The second-order valence-electron chi connectivity index (χ2n) is 3.27. The Morgan fingerprint density at radius 1 is 1.23 bits per heavy atom. The van der Waals surface area contributed by atoms with Gasteiger partial charge in [-0.2, -0.15) is 13.2 Å². The van der Waals surface area contributed by atoms with Gasteiger partial charge < -0.3 is 4.57 Å². The van der Waals surface area contributed by atoms with Gasteiger partial charge in [-0.1, -0.05) is 0 Å². The van der Waals surface area contributed by atoms with E-state index in [4.69, 9.17) is 0 Å². The lowest BCUT2D eigenvalue weighted by Gasteiger charge is -2.09. The van der Waals surface area contributed by atoms with Gasteiger partial charge in [0.1, 0.15) is 6.54 Å². The molecule has 0 saturated carbocycles. The second-order valence-corrected chi connectivity index (χ2v) is 3.27. The van der Waals surface area contributed by atoms with Crippen LogP contribution >= 0.6 is 0 Å². The Bertz CT molecular complexity index is 309. The normalized spacial score (nSPS) is 12.2. The fraction of sp³-hybridized carbons (Fsp3) is 0.556. The molecule has 0 radical (unpaired) electrons. The lowest BCUT2D eigenvalue weighted by atomic mass is 10.2. The highest BCUT2D eigenvalue weighted by Gasteiger charge is 2.28. The molecule has 0 amide bonds. The summed E-state index contributed by atoms with van der Waals surface area (Å²) in [7, 11) is 0. The zero-order valence-corrected chi connectivity index (χ0v) is 7.87. The monoisotopic (exact) mass is 191 g/mol. The van der Waals surface area contributed by atoms with E-state index in [2.05, 4.69) is 0 Å². The van der Waals surface area contributed by atoms with Crippen LogP contribution in [0.2, 0.25) is 0 Å². The summed E-state index contributed by atoms with van der Waals surface area (Å²) in [4.78, 5) is 0. The standard InChI is InChI=1S/C9H12F3N/c1-6-4-13(5-9(10,11)12)8(3)7(6)2/h4H,5H2,1-3H3. The first kappa shape index (κ1) is 10.2. The van der Waals surface area contributed by atoms with E-state index in [9.17, 15) is 13.2 Å². The van der Waals surface area contributed by atoms with Crippen LogP contribution in [0.15, 0.2) is 6.20 Å². The van der Waals surface area contributed by atoms with E-state index >= 15 is 0 Å². The van der Waals surface area contributed by atoms with Gasteiger partial charge in [-0.15, -0.1) is 0 Å². The van der Waals surface area contributed by atoms with Crippen molar-refractivity contribution in [2.24, 2.45) is 0 Å². The van der Waals surface area contributed by atoms with E-state index in [0.717, 1.165) is 11.1 Å². The molecular weight excluding hydrogens is 179 g/mol. The molecule has 1 heterocycles. The molecule has 0 atom stereocenters. The van der Waals surface area contributed by atoms with E-state index < -0.39 is 12.7 Å². The van der Waals surface area contributed by atoms with Crippen molar-refractivity contribution in [3.05, 3.63) is 23.0 Å². The van der Waals surface area contributed by atoms with Crippen LogP contribution < -0.4 is 0 Å². The topological polar surface area (TPSA) is 4.93 Å². The number of aromatic nitrogens is 1. The third-order valence-electron chi connectivity index (χ3n) is 2.26. The van der Waals surface area contributed by atoms with Gasteiger partial charge >= 0.3 is 6.18 Å². The fourth-order valence-corrected chi connectivity index (χ4v) is 1.29. The van der Waals surface area contributed by atoms with Crippen molar-refractivity contribution >= 4 is 0 Å². The van der Waals surface area contributed by atoms with Crippen LogP contribution in [0.1, 0.15) is 16.8 Å². The number of halogens is 3. The summed E-state index contributed by atoms with van der Waals surface area (Å²) >= 11 is 0. The zero-order chi connectivity index (χ0) is 10.2. The zero-order valence-electron chi connectivity index (χ0n) is 7.87. The molecule has 0 unspecified atom stereocenters. The first-order valence-corrected chi connectivity index (χ1v) is 4.01. The van der Waals surface area contributed by atoms with Crippen LogP contribution in [0.25, 0.3) is 0 Å². The molecule has 74 valence electrons. The van der Waals surface area contributed by atoms with E-state index in [1.54, 1.807) is 6.92 Å². The Balaban J connectivity index is 2.97. The van der Waals surface area contributed by atoms with Gasteiger partial charge in [0.15, 0.2) is 0 Å². The molecule has 1 nitrogen and oxygen atoms in total. The number of rotatable bonds is 1. The highest BCUT2D eigenvalue weighted by molar-refractivity contribution is 5.28. The van der Waals surface area contributed by atoms with Gasteiger partial charge in [0.05, 0.1) is 0 Å². The molecule has 0 N–H and O–H groups in total. The molecule has 0 aliphatic heterocycles. The molecule has 0 spiro atoms. The van der Waals surface area contributed by atoms with Crippen molar-refractivity contribution in [1.82, 2.24) is 4.57 Å². The second kappa shape index (κ2) is 3.09. The van der Waals surface area contributed by atoms with Crippen LogP contribution in [-0.4, -0.2) is 10.7 Å². The molecule has 0 bridgehead atoms. The Morgan fingerprint density at radius 3 is 2.08 bits per heavy atom. The van der Waals surface area contributed by atoms with Gasteiger partial charge in [-0.25, -0.2) is 0 Å². The summed E-state index contributed by atoms with van der Waals surface area (Å²) in [6.45, 7) is 4.45. The van der Waals surface area contributed by atoms with Gasteiger partial charge in [0.25, 0.3) is 0 Å². The molecule has 0 aliphatic rings. The van der Waals surface area contributed by atoms with Crippen molar-refractivity contribution in [3.8, 4) is 0 Å². The van der Waals surface area contributed by atoms with Gasteiger partial charge in [-0.05, 0) is 31.9 Å². The summed E-state index contributed by atoms with van der Waals surface area (Å²) < 4.78 is 37.4. The van der Waals surface area contributed by atoms with Crippen molar-refractivity contribution in [1.29, 1.82) is 0 Å². The minimum atomic E-state index is -4.14. The third-order valence-corrected chi connectivity index (χ3v) is 2.26. The predicted octanol–water partition coefficient (Wildman–Crippen LogP) is 2.98. The highest BCUT2D eigenvalue weighted by Crippen LogP contribution is 2.22. The van der Waals surface area contributed by atoms with Gasteiger partial charge in [0.2, 0.25) is 0 Å². The van der Waals surface area contributed by atoms with E-state index in [1.165, 1.54) is 10.8 Å². The van der Waals surface area contributed by atoms with E-state index in [1.807, 2.05) is 13.8 Å². The minimum Gasteiger partial charge on any atom is -0.342 e. The molecule has 1 aromatic rings. The predicted molar refractivity (Wildman–Crippen MR) is 44.7 cm³/mol. The first-order valence-electron chi connectivity index (χ1n) is 4.01. The highest BCUT2D eigenvalue weighted by atomic mass is 19.4. The van der Waals surface area contributed by atoms with Crippen LogP contribution in [0.3, 0.4) is 0 Å². The van der Waals surface area contributed by atoms with E-state index in [-0.39, 0.29) is 0 Å². The maximum atomic E-state index is 12.0. The number of alkyl halides is 3. The van der Waals surface area contributed by atoms with Crippen LogP contribution in [0.4, 0.5) is 13.2 Å². The maximum Gasteiger partial charge on any atom is 0.406 e. The molecule has 0 aliphatic carbocycles. The summed E-state index contributed by atoms with van der Waals surface area (Å²) in [5.41, 5.74) is 2.53. The SMILES string of the molecule is Cc1cn(CC(F)(F)F)c(C)c1C. The van der Waals surface area contributed by atoms with Crippen LogP contribution in [-0.2, 0) is 6.54 Å². The van der Waals surface area contributed by atoms with Crippen molar-refractivity contribution < 1.29 is 13.2 Å². The fourth-order valence-electron chi connectivity index (χ4n) is 1.29. The number of hydrogen-bond acceptors (Lipinski definition) is 0. The van der Waals surface area contributed by atoms with Gasteiger partial charge in [-0.3, -0.25) is 0 Å².